The van der Waals surface area contributed by atoms with Crippen LogP contribution < -0.4 is 5.73 Å². The molecule has 3 amide bonds. The van der Waals surface area contributed by atoms with Crippen molar-refractivity contribution in [3.05, 3.63) is 34.9 Å². The summed E-state index contributed by atoms with van der Waals surface area (Å²) in [5.74, 6) is -1.04. The van der Waals surface area contributed by atoms with Crippen LogP contribution in [0.3, 0.4) is 0 Å². The number of esters is 1. The van der Waals surface area contributed by atoms with Crippen LogP contribution in [0.5, 0.6) is 0 Å². The molecule has 0 aliphatic carbocycles. The lowest BCUT2D eigenvalue weighted by Crippen LogP contribution is -2.47. The molecule has 37 heavy (non-hydrogen) atoms. The van der Waals surface area contributed by atoms with E-state index < -0.39 is 51.2 Å². The number of carbonyl (C=O) groups is 3. The molecule has 2 aliphatic rings. The van der Waals surface area contributed by atoms with Gasteiger partial charge >= 0.3 is 22.4 Å². The number of urea groups is 1. The summed E-state index contributed by atoms with van der Waals surface area (Å²) in [6, 6.07) is 3.56. The number of hydrogen-bond acceptors (Lipinski definition) is 8. The fourth-order valence-electron chi connectivity index (χ4n) is 5.24. The maximum atomic E-state index is 12.7. The normalized spacial score (nSPS) is 20.3. The van der Waals surface area contributed by atoms with Crippen LogP contribution in [-0.2, 0) is 28.4 Å². The van der Waals surface area contributed by atoms with Gasteiger partial charge in [0.05, 0.1) is 24.8 Å². The van der Waals surface area contributed by atoms with E-state index >= 15 is 0 Å². The lowest BCUT2D eigenvalue weighted by atomic mass is 9.76. The number of fused-ring (bicyclic) bond motifs is 2. The molecule has 2 unspecified atom stereocenters. The third-order valence-corrected chi connectivity index (χ3v) is 7.40. The molecule has 1 aromatic carbocycles. The molecule has 12 heteroatoms. The first-order chi connectivity index (χ1) is 17.0. The summed E-state index contributed by atoms with van der Waals surface area (Å²) in [4.78, 5) is 38.1. The van der Waals surface area contributed by atoms with E-state index in [-0.39, 0.29) is 19.8 Å². The topological polar surface area (TPSA) is 146 Å². The zero-order chi connectivity index (χ0) is 27.8. The number of ether oxygens (including phenoxy) is 1. The van der Waals surface area contributed by atoms with E-state index in [0.717, 1.165) is 16.2 Å². The van der Waals surface area contributed by atoms with Crippen LogP contribution in [0.2, 0.25) is 0 Å². The van der Waals surface area contributed by atoms with Crippen molar-refractivity contribution in [2.75, 3.05) is 19.8 Å². The molecule has 206 valence electrons. The van der Waals surface area contributed by atoms with Gasteiger partial charge in [-0.25, -0.2) is 13.8 Å². The Morgan fingerprint density at radius 2 is 1.65 bits per heavy atom. The average Bonchev–Trinajstić information content (AvgIpc) is 3.00. The highest BCUT2D eigenvalue weighted by Gasteiger charge is 2.49. The highest BCUT2D eigenvalue weighted by atomic mass is 32.3. The van der Waals surface area contributed by atoms with Crippen molar-refractivity contribution in [2.24, 2.45) is 16.6 Å². The first kappa shape index (κ1) is 28.9. The molecule has 0 aromatic heterocycles. The number of hydrogen-bond donors (Lipinski definition) is 1. The molecule has 2 aliphatic heterocycles. The minimum atomic E-state index is -4.56. The second kappa shape index (κ2) is 10.6. The molecular weight excluding hydrogens is 502 g/mol. The van der Waals surface area contributed by atoms with E-state index in [9.17, 15) is 22.8 Å². The number of benzene rings is 1. The van der Waals surface area contributed by atoms with Gasteiger partial charge in [-0.2, -0.15) is 13.5 Å². The van der Waals surface area contributed by atoms with E-state index in [1.165, 1.54) is 4.90 Å². The Morgan fingerprint density at radius 1 is 1.05 bits per heavy atom. The molecular formula is C25H37N3O8S. The van der Waals surface area contributed by atoms with Gasteiger partial charge in [0.1, 0.15) is 6.04 Å². The zero-order valence-corrected chi connectivity index (χ0v) is 23.1. The Balaban J connectivity index is 1.54. The van der Waals surface area contributed by atoms with Crippen LogP contribution in [-0.4, -0.2) is 68.1 Å². The van der Waals surface area contributed by atoms with Gasteiger partial charge in [0.2, 0.25) is 5.91 Å². The van der Waals surface area contributed by atoms with E-state index in [1.54, 1.807) is 0 Å². The number of aryl methyl sites for hydroxylation is 2. The number of hydroxylamine groups is 2. The number of piperidine rings is 1. The molecule has 0 spiro atoms. The summed E-state index contributed by atoms with van der Waals surface area (Å²) in [5.41, 5.74) is 6.44. The van der Waals surface area contributed by atoms with Crippen LogP contribution in [0.1, 0.15) is 68.4 Å². The zero-order valence-electron chi connectivity index (χ0n) is 22.3. The van der Waals surface area contributed by atoms with Crippen LogP contribution in [0.15, 0.2) is 18.2 Å². The largest absolute Gasteiger partial charge is 0.462 e. The second-order valence-corrected chi connectivity index (χ2v) is 12.7. The van der Waals surface area contributed by atoms with Gasteiger partial charge in [-0.05, 0) is 55.1 Å². The molecule has 11 nitrogen and oxygen atoms in total. The van der Waals surface area contributed by atoms with E-state index in [4.69, 9.17) is 18.9 Å². The Kier molecular flexibility index (Phi) is 8.25. The van der Waals surface area contributed by atoms with Crippen molar-refractivity contribution in [3.8, 4) is 0 Å². The van der Waals surface area contributed by atoms with Crippen LogP contribution in [0, 0.1) is 24.7 Å². The standard InChI is InChI=1S/C25H37N3O8S/c1-16-8-7-9-17(2)20(16)22(30)34-14-24(3,4)13-25(5,6)15-35-37(32,33)36-28-18-10-11-19(21(26)29)27(12-18)23(28)31/h7-9,18-19H,10-15H2,1-6H3,(H2,26,29). The van der Waals surface area contributed by atoms with Crippen LogP contribution in [0.25, 0.3) is 0 Å². The van der Waals surface area contributed by atoms with Gasteiger partial charge in [0.25, 0.3) is 0 Å². The number of nitrogens with zero attached hydrogens (tertiary/aromatic N) is 2. The van der Waals surface area contributed by atoms with E-state index in [2.05, 4.69) is 0 Å². The highest BCUT2D eigenvalue weighted by Crippen LogP contribution is 2.36. The SMILES string of the molecule is Cc1cccc(C)c1C(=O)OCC(C)(C)CC(C)(C)COS(=O)(=O)ON1C(=O)N2CC1CCC2C(N)=O. The highest BCUT2D eigenvalue weighted by molar-refractivity contribution is 7.81. The molecule has 0 radical (unpaired) electrons. The van der Waals surface area contributed by atoms with Crippen molar-refractivity contribution >= 4 is 28.3 Å². The first-order valence-electron chi connectivity index (χ1n) is 12.2. The first-order valence-corrected chi connectivity index (χ1v) is 13.6. The smallest absolute Gasteiger partial charge is 0.421 e. The molecule has 0 saturated carbocycles. The summed E-state index contributed by atoms with van der Waals surface area (Å²) in [5, 5.41) is 0.752. The average molecular weight is 540 g/mol. The van der Waals surface area contributed by atoms with Crippen molar-refractivity contribution in [1.82, 2.24) is 9.96 Å². The molecule has 2 fully saturated rings. The fraction of sp³-hybridized carbons (Fsp3) is 0.640. The minimum absolute atomic E-state index is 0.132. The van der Waals surface area contributed by atoms with Crippen molar-refractivity contribution < 1.29 is 36.0 Å². The fourth-order valence-corrected chi connectivity index (χ4v) is 6.13. The monoisotopic (exact) mass is 539 g/mol. The number of amides is 3. The summed E-state index contributed by atoms with van der Waals surface area (Å²) in [7, 11) is -4.56. The summed E-state index contributed by atoms with van der Waals surface area (Å²) < 4.78 is 40.9. The van der Waals surface area contributed by atoms with Crippen molar-refractivity contribution in [2.45, 2.75) is 72.9 Å². The lowest BCUT2D eigenvalue weighted by Gasteiger charge is -2.34. The summed E-state index contributed by atoms with van der Waals surface area (Å²) in [6.45, 7) is 11.3. The predicted molar refractivity (Wildman–Crippen MR) is 134 cm³/mol. The van der Waals surface area contributed by atoms with Crippen LogP contribution in [0.4, 0.5) is 4.79 Å². The Bertz CT molecular complexity index is 1140. The third-order valence-electron chi connectivity index (χ3n) is 6.65. The maximum absolute atomic E-state index is 12.7. The van der Waals surface area contributed by atoms with Crippen molar-refractivity contribution in [1.29, 1.82) is 0 Å². The van der Waals surface area contributed by atoms with Crippen LogP contribution >= 0.6 is 0 Å². The second-order valence-electron chi connectivity index (χ2n) is 11.5. The Morgan fingerprint density at radius 3 is 2.24 bits per heavy atom. The molecule has 3 rings (SSSR count). The van der Waals surface area contributed by atoms with Gasteiger partial charge in [-0.15, -0.1) is 4.28 Å². The molecule has 2 bridgehead atoms. The van der Waals surface area contributed by atoms with Gasteiger partial charge < -0.3 is 15.4 Å². The predicted octanol–water partition coefficient (Wildman–Crippen LogP) is 2.85. The number of carbonyl (C=O) groups excluding carboxylic acids is 3. The molecule has 2 saturated heterocycles. The number of rotatable bonds is 11. The van der Waals surface area contributed by atoms with Gasteiger partial charge in [-0.3, -0.25) is 4.79 Å². The van der Waals surface area contributed by atoms with E-state index in [0.29, 0.717) is 24.8 Å². The Hall–Kier alpha value is -2.70. The lowest BCUT2D eigenvalue weighted by molar-refractivity contribution is -0.122. The Labute approximate surface area is 218 Å². The molecule has 2 heterocycles. The third kappa shape index (κ3) is 6.99. The van der Waals surface area contributed by atoms with Crippen molar-refractivity contribution in [3.63, 3.8) is 0 Å². The number of primary amides is 1. The summed E-state index contributed by atoms with van der Waals surface area (Å²) in [6.07, 6.45) is 1.18. The summed E-state index contributed by atoms with van der Waals surface area (Å²) >= 11 is 0. The minimum Gasteiger partial charge on any atom is -0.462 e. The van der Waals surface area contributed by atoms with E-state index in [1.807, 2.05) is 59.7 Å². The maximum Gasteiger partial charge on any atom is 0.421 e. The van der Waals surface area contributed by atoms with Gasteiger partial charge in [0, 0.05) is 6.54 Å². The van der Waals surface area contributed by atoms with Gasteiger partial charge in [0.15, 0.2) is 0 Å². The van der Waals surface area contributed by atoms with Gasteiger partial charge in [-0.1, -0.05) is 45.9 Å². The molecule has 2 atom stereocenters. The molecule has 2 N–H and O–H groups in total. The molecule has 1 aromatic rings. The number of nitrogens with two attached hydrogens (primary N) is 1. The quantitative estimate of drug-likeness (QED) is 0.423.